The van der Waals surface area contributed by atoms with Crippen molar-refractivity contribution in [2.24, 2.45) is 0 Å². The highest BCUT2D eigenvalue weighted by atomic mass is 32.1. The third-order valence-corrected chi connectivity index (χ3v) is 4.27. The van der Waals surface area contributed by atoms with Crippen molar-refractivity contribution in [3.05, 3.63) is 45.9 Å². The number of phenolic OH excluding ortho intramolecular Hbond substituents is 1. The van der Waals surface area contributed by atoms with E-state index in [2.05, 4.69) is 16.4 Å². The lowest BCUT2D eigenvalue weighted by Gasteiger charge is -2.26. The summed E-state index contributed by atoms with van der Waals surface area (Å²) in [5, 5.41) is 13.5. The van der Waals surface area contributed by atoms with Crippen molar-refractivity contribution >= 4 is 11.3 Å². The van der Waals surface area contributed by atoms with Gasteiger partial charge in [-0.15, -0.1) is 11.3 Å². The van der Waals surface area contributed by atoms with Crippen LogP contribution < -0.4 is 5.32 Å². The Hall–Kier alpha value is -1.39. The predicted octanol–water partition coefficient (Wildman–Crippen LogP) is 3.02. The molecule has 2 aromatic rings. The molecule has 0 bridgehead atoms. The zero-order chi connectivity index (χ0) is 12.4. The zero-order valence-corrected chi connectivity index (χ0v) is 10.9. The molecule has 0 unspecified atom stereocenters. The third-order valence-electron chi connectivity index (χ3n) is 3.49. The maximum Gasteiger partial charge on any atom is 0.119 e. The van der Waals surface area contributed by atoms with Crippen LogP contribution in [-0.2, 0) is 13.0 Å². The Morgan fingerprint density at radius 3 is 3.22 bits per heavy atom. The zero-order valence-electron chi connectivity index (χ0n) is 10.1. The molecular formula is C14H16N2OS. The summed E-state index contributed by atoms with van der Waals surface area (Å²) in [5.74, 6) is 0.441. The van der Waals surface area contributed by atoms with E-state index in [-0.39, 0.29) is 0 Å². The normalized spacial score (nSPS) is 18.6. The fraction of sp³-hybridized carbons (Fsp3) is 0.357. The number of aromatic hydroxyl groups is 1. The van der Waals surface area contributed by atoms with E-state index in [9.17, 15) is 5.11 Å². The average Bonchev–Trinajstić information content (AvgIpc) is 2.90. The van der Waals surface area contributed by atoms with Gasteiger partial charge in [0.05, 0.1) is 5.51 Å². The van der Waals surface area contributed by atoms with Gasteiger partial charge >= 0.3 is 0 Å². The Morgan fingerprint density at radius 1 is 1.44 bits per heavy atom. The number of phenols is 1. The number of hydrogen-bond acceptors (Lipinski definition) is 4. The molecule has 1 aliphatic rings. The highest BCUT2D eigenvalue weighted by molar-refractivity contribution is 7.09. The summed E-state index contributed by atoms with van der Waals surface area (Å²) >= 11 is 1.67. The van der Waals surface area contributed by atoms with Crippen molar-refractivity contribution in [3.8, 4) is 5.75 Å². The lowest BCUT2D eigenvalue weighted by atomic mass is 9.87. The molecule has 0 amide bonds. The first kappa shape index (κ1) is 11.7. The van der Waals surface area contributed by atoms with Crippen LogP contribution in [0.4, 0.5) is 0 Å². The number of fused-ring (bicyclic) bond motifs is 1. The van der Waals surface area contributed by atoms with E-state index < -0.39 is 0 Å². The molecule has 1 heterocycles. The second-order valence-corrected chi connectivity index (χ2v) is 5.61. The van der Waals surface area contributed by atoms with Crippen molar-refractivity contribution in [2.75, 3.05) is 0 Å². The molecule has 1 aliphatic carbocycles. The van der Waals surface area contributed by atoms with Crippen molar-refractivity contribution in [1.82, 2.24) is 10.3 Å². The average molecular weight is 260 g/mol. The molecule has 3 nitrogen and oxygen atoms in total. The third kappa shape index (κ3) is 2.26. The molecule has 1 atom stereocenters. The van der Waals surface area contributed by atoms with Gasteiger partial charge in [-0.25, -0.2) is 0 Å². The Labute approximate surface area is 111 Å². The number of hydrogen-bond donors (Lipinski definition) is 2. The molecule has 3 rings (SSSR count). The lowest BCUT2D eigenvalue weighted by Crippen LogP contribution is -2.24. The minimum Gasteiger partial charge on any atom is -0.508 e. The molecule has 0 fully saturated rings. The molecule has 18 heavy (non-hydrogen) atoms. The number of benzene rings is 1. The Bertz CT molecular complexity index is 525. The summed E-state index contributed by atoms with van der Waals surface area (Å²) in [7, 11) is 0. The molecule has 0 spiro atoms. The Kier molecular flexibility index (Phi) is 3.30. The molecular weight excluding hydrogens is 244 g/mol. The SMILES string of the molecule is Oc1cccc2c1CCC[C@@H]2NCc1cncs1. The van der Waals surface area contributed by atoms with Gasteiger partial charge in [-0.3, -0.25) is 4.98 Å². The second kappa shape index (κ2) is 5.08. The first-order valence-corrected chi connectivity index (χ1v) is 7.14. The fourth-order valence-corrected chi connectivity index (χ4v) is 3.14. The van der Waals surface area contributed by atoms with Crippen LogP contribution in [0.2, 0.25) is 0 Å². The molecule has 94 valence electrons. The first-order valence-electron chi connectivity index (χ1n) is 6.26. The molecule has 1 aromatic heterocycles. The van der Waals surface area contributed by atoms with Crippen LogP contribution in [0.15, 0.2) is 29.9 Å². The number of nitrogens with one attached hydrogen (secondary N) is 1. The number of rotatable bonds is 3. The number of nitrogens with zero attached hydrogens (tertiary/aromatic N) is 1. The van der Waals surface area contributed by atoms with Gasteiger partial charge in [-0.1, -0.05) is 12.1 Å². The van der Waals surface area contributed by atoms with Crippen LogP contribution in [0, 0.1) is 0 Å². The highest BCUT2D eigenvalue weighted by Crippen LogP contribution is 2.34. The lowest BCUT2D eigenvalue weighted by molar-refractivity contribution is 0.430. The van der Waals surface area contributed by atoms with E-state index >= 15 is 0 Å². The largest absolute Gasteiger partial charge is 0.508 e. The summed E-state index contributed by atoms with van der Waals surface area (Å²) in [6, 6.07) is 6.19. The van der Waals surface area contributed by atoms with Crippen LogP contribution >= 0.6 is 11.3 Å². The van der Waals surface area contributed by atoms with Crippen LogP contribution in [0.5, 0.6) is 5.75 Å². The van der Waals surface area contributed by atoms with E-state index in [0.29, 0.717) is 11.8 Å². The standard InChI is InChI=1S/C14H16N2OS/c17-14-6-2-3-11-12(14)4-1-5-13(11)16-8-10-7-15-9-18-10/h2-3,6-7,9,13,16-17H,1,4-5,8H2/t13-/m0/s1. The predicted molar refractivity (Wildman–Crippen MR) is 72.7 cm³/mol. The minimum absolute atomic E-state index is 0.350. The van der Waals surface area contributed by atoms with Gasteiger partial charge in [0.1, 0.15) is 5.75 Å². The Balaban J connectivity index is 1.77. The van der Waals surface area contributed by atoms with Crippen molar-refractivity contribution in [1.29, 1.82) is 0 Å². The summed E-state index contributed by atoms with van der Waals surface area (Å²) in [6.07, 6.45) is 5.16. The molecule has 1 aromatic carbocycles. The summed E-state index contributed by atoms with van der Waals surface area (Å²) < 4.78 is 0. The Morgan fingerprint density at radius 2 is 2.39 bits per heavy atom. The molecule has 4 heteroatoms. The van der Waals surface area contributed by atoms with E-state index in [4.69, 9.17) is 0 Å². The van der Waals surface area contributed by atoms with E-state index in [1.165, 1.54) is 10.4 Å². The number of thiazole rings is 1. The van der Waals surface area contributed by atoms with Crippen LogP contribution in [-0.4, -0.2) is 10.1 Å². The van der Waals surface area contributed by atoms with Crippen LogP contribution in [0.1, 0.15) is 34.9 Å². The number of aromatic nitrogens is 1. The maximum atomic E-state index is 9.89. The fourth-order valence-electron chi connectivity index (χ4n) is 2.59. The van der Waals surface area contributed by atoms with Gasteiger partial charge in [-0.05, 0) is 36.5 Å². The van der Waals surface area contributed by atoms with Gasteiger partial charge in [-0.2, -0.15) is 0 Å². The molecule has 0 saturated carbocycles. The topological polar surface area (TPSA) is 45.1 Å². The monoisotopic (exact) mass is 260 g/mol. The maximum absolute atomic E-state index is 9.89. The molecule has 0 saturated heterocycles. The molecule has 0 aliphatic heterocycles. The van der Waals surface area contributed by atoms with Gasteiger partial charge in [0.25, 0.3) is 0 Å². The summed E-state index contributed by atoms with van der Waals surface area (Å²) in [5.41, 5.74) is 4.23. The van der Waals surface area contributed by atoms with E-state index in [0.717, 1.165) is 31.4 Å². The van der Waals surface area contributed by atoms with Crippen LogP contribution in [0.25, 0.3) is 0 Å². The summed E-state index contributed by atoms with van der Waals surface area (Å²) in [4.78, 5) is 5.33. The van der Waals surface area contributed by atoms with Gasteiger partial charge in [0.15, 0.2) is 0 Å². The van der Waals surface area contributed by atoms with Gasteiger partial charge in [0, 0.05) is 23.7 Å². The smallest absolute Gasteiger partial charge is 0.119 e. The molecule has 2 N–H and O–H groups in total. The van der Waals surface area contributed by atoms with E-state index in [1.807, 2.05) is 17.8 Å². The minimum atomic E-state index is 0.350. The first-order chi connectivity index (χ1) is 8.84. The van der Waals surface area contributed by atoms with Crippen molar-refractivity contribution < 1.29 is 5.11 Å². The molecule has 0 radical (unpaired) electrons. The van der Waals surface area contributed by atoms with Gasteiger partial charge < -0.3 is 10.4 Å². The highest BCUT2D eigenvalue weighted by Gasteiger charge is 2.21. The van der Waals surface area contributed by atoms with Crippen molar-refractivity contribution in [3.63, 3.8) is 0 Å². The summed E-state index contributed by atoms with van der Waals surface area (Å²) in [6.45, 7) is 0.852. The quantitative estimate of drug-likeness (QED) is 0.891. The van der Waals surface area contributed by atoms with Gasteiger partial charge in [0.2, 0.25) is 0 Å². The van der Waals surface area contributed by atoms with Crippen LogP contribution in [0.3, 0.4) is 0 Å². The van der Waals surface area contributed by atoms with E-state index in [1.54, 1.807) is 17.4 Å². The van der Waals surface area contributed by atoms with Crippen molar-refractivity contribution in [2.45, 2.75) is 31.8 Å². The second-order valence-electron chi connectivity index (χ2n) is 4.64.